The molecular formula is C17H18BrF3N4O. The molecule has 2 N–H and O–H groups in total. The summed E-state index contributed by atoms with van der Waals surface area (Å²) in [6.07, 6.45) is -3.49. The van der Waals surface area contributed by atoms with Gasteiger partial charge in [-0.2, -0.15) is 18.3 Å². The van der Waals surface area contributed by atoms with Crippen LogP contribution in [0, 0.1) is 0 Å². The van der Waals surface area contributed by atoms with E-state index in [1.54, 1.807) is 38.1 Å². The van der Waals surface area contributed by atoms with Gasteiger partial charge in [-0.05, 0) is 31.5 Å². The van der Waals surface area contributed by atoms with Gasteiger partial charge in [0.15, 0.2) is 6.04 Å². The normalized spacial score (nSPS) is 19.8. The number of carbonyl (C=O) groups excluding carboxylic acids is 1. The number of benzene rings is 1. The first-order chi connectivity index (χ1) is 12.2. The minimum atomic E-state index is -4.47. The number of nitrogens with zero attached hydrogens (tertiary/aromatic N) is 2. The fourth-order valence-electron chi connectivity index (χ4n) is 2.98. The van der Waals surface area contributed by atoms with Gasteiger partial charge < -0.3 is 10.6 Å². The molecule has 0 bridgehead atoms. The number of carbonyl (C=O) groups is 1. The van der Waals surface area contributed by atoms with Gasteiger partial charge in [-0.25, -0.2) is 4.68 Å². The molecule has 1 aromatic heterocycles. The molecule has 1 amide bonds. The molecule has 0 radical (unpaired) electrons. The highest BCUT2D eigenvalue weighted by Gasteiger charge is 2.47. The van der Waals surface area contributed by atoms with Crippen molar-refractivity contribution in [1.82, 2.24) is 15.1 Å². The molecule has 2 aromatic rings. The van der Waals surface area contributed by atoms with E-state index in [0.717, 1.165) is 9.15 Å². The number of hydrogen-bond donors (Lipinski definition) is 2. The van der Waals surface area contributed by atoms with Gasteiger partial charge in [0, 0.05) is 16.9 Å². The number of rotatable bonds is 3. The summed E-state index contributed by atoms with van der Waals surface area (Å²) in [5.74, 6) is -0.365. The topological polar surface area (TPSA) is 59.0 Å². The lowest BCUT2D eigenvalue weighted by atomic mass is 9.96. The smallest absolute Gasteiger partial charge is 0.363 e. The van der Waals surface area contributed by atoms with Crippen molar-refractivity contribution >= 4 is 27.7 Å². The van der Waals surface area contributed by atoms with Crippen LogP contribution >= 0.6 is 15.9 Å². The van der Waals surface area contributed by atoms with Gasteiger partial charge in [-0.15, -0.1) is 0 Å². The Morgan fingerprint density at radius 3 is 2.58 bits per heavy atom. The molecule has 1 aliphatic heterocycles. The molecule has 1 aromatic carbocycles. The lowest BCUT2D eigenvalue weighted by molar-refractivity contribution is -0.173. The second kappa shape index (κ2) is 6.94. The molecule has 1 aliphatic rings. The Bertz CT molecular complexity index is 801. The van der Waals surface area contributed by atoms with E-state index in [2.05, 4.69) is 31.7 Å². The third-order valence-corrected chi connectivity index (χ3v) is 4.70. The Morgan fingerprint density at radius 2 is 2.00 bits per heavy atom. The summed E-state index contributed by atoms with van der Waals surface area (Å²) in [5.41, 5.74) is 0.819. The largest absolute Gasteiger partial charge is 0.410 e. The van der Waals surface area contributed by atoms with Crippen LogP contribution in [0.2, 0.25) is 0 Å². The Kier molecular flexibility index (Phi) is 5.01. The van der Waals surface area contributed by atoms with E-state index in [0.29, 0.717) is 5.56 Å². The van der Waals surface area contributed by atoms with E-state index in [4.69, 9.17) is 0 Å². The molecule has 2 atom stereocenters. The maximum absolute atomic E-state index is 13.6. The van der Waals surface area contributed by atoms with E-state index in [1.807, 2.05) is 0 Å². The van der Waals surface area contributed by atoms with Gasteiger partial charge in [0.1, 0.15) is 11.4 Å². The minimum Gasteiger partial charge on any atom is -0.363 e. The number of hydrogen-bond acceptors (Lipinski definition) is 3. The van der Waals surface area contributed by atoms with Crippen LogP contribution in [0.5, 0.6) is 0 Å². The SMILES string of the molecule is CC(C)NC(=O)c1cnn2c1N[C@H](c1ccc(Br)cc1)C[C@H]2C(F)(F)F. The van der Waals surface area contributed by atoms with Crippen molar-refractivity contribution < 1.29 is 18.0 Å². The molecule has 0 saturated heterocycles. The maximum atomic E-state index is 13.6. The van der Waals surface area contributed by atoms with Crippen molar-refractivity contribution in [2.75, 3.05) is 5.32 Å². The van der Waals surface area contributed by atoms with Crippen LogP contribution in [0.3, 0.4) is 0 Å². The molecule has 0 aliphatic carbocycles. The van der Waals surface area contributed by atoms with Gasteiger partial charge in [0.2, 0.25) is 0 Å². The van der Waals surface area contributed by atoms with Gasteiger partial charge in [-0.3, -0.25) is 4.79 Å². The number of halogens is 4. The van der Waals surface area contributed by atoms with Crippen molar-refractivity contribution in [1.29, 1.82) is 0 Å². The standard InChI is InChI=1S/C17H18BrF3N4O/c1-9(2)23-16(26)12-8-22-25-14(17(19,20)21)7-13(24-15(12)25)10-3-5-11(18)6-4-10/h3-6,8-9,13-14,24H,7H2,1-2H3,(H,23,26)/t13-,14-/m0/s1. The van der Waals surface area contributed by atoms with E-state index in [9.17, 15) is 18.0 Å². The molecule has 5 nitrogen and oxygen atoms in total. The van der Waals surface area contributed by atoms with Crippen LogP contribution < -0.4 is 10.6 Å². The molecule has 140 valence electrons. The average Bonchev–Trinajstić information content (AvgIpc) is 2.97. The Balaban J connectivity index is 2.01. The molecule has 26 heavy (non-hydrogen) atoms. The Hall–Kier alpha value is -2.03. The second-order valence-corrected chi connectivity index (χ2v) is 7.44. The number of aromatic nitrogens is 2. The molecular weight excluding hydrogens is 413 g/mol. The van der Waals surface area contributed by atoms with Crippen LogP contribution in [0.15, 0.2) is 34.9 Å². The van der Waals surface area contributed by atoms with Crippen LogP contribution in [-0.4, -0.2) is 27.9 Å². The van der Waals surface area contributed by atoms with Crippen molar-refractivity contribution in [2.24, 2.45) is 0 Å². The van der Waals surface area contributed by atoms with Crippen molar-refractivity contribution in [3.05, 3.63) is 46.1 Å². The lowest BCUT2D eigenvalue weighted by Gasteiger charge is -2.34. The number of amides is 1. The molecule has 0 saturated carbocycles. The fourth-order valence-corrected chi connectivity index (χ4v) is 3.25. The minimum absolute atomic E-state index is 0.0876. The first-order valence-corrected chi connectivity index (χ1v) is 8.93. The van der Waals surface area contributed by atoms with Gasteiger partial charge in [0.05, 0.1) is 12.2 Å². The maximum Gasteiger partial charge on any atom is 0.410 e. The Labute approximate surface area is 157 Å². The molecule has 2 heterocycles. The Morgan fingerprint density at radius 1 is 1.35 bits per heavy atom. The summed E-state index contributed by atoms with van der Waals surface area (Å²) in [6, 6.07) is 4.56. The molecule has 0 spiro atoms. The predicted octanol–water partition coefficient (Wildman–Crippen LogP) is 4.44. The summed E-state index contributed by atoms with van der Waals surface area (Å²) in [6.45, 7) is 3.56. The summed E-state index contributed by atoms with van der Waals surface area (Å²) in [4.78, 5) is 12.3. The van der Waals surface area contributed by atoms with Crippen molar-refractivity contribution in [3.8, 4) is 0 Å². The van der Waals surface area contributed by atoms with Crippen LogP contribution in [0.25, 0.3) is 0 Å². The van der Waals surface area contributed by atoms with Crippen LogP contribution in [0.4, 0.5) is 19.0 Å². The monoisotopic (exact) mass is 430 g/mol. The van der Waals surface area contributed by atoms with Crippen LogP contribution in [0.1, 0.15) is 48.3 Å². The number of nitrogens with one attached hydrogen (secondary N) is 2. The van der Waals surface area contributed by atoms with Crippen LogP contribution in [-0.2, 0) is 0 Å². The molecule has 3 rings (SSSR count). The quantitative estimate of drug-likeness (QED) is 0.756. The molecule has 0 unspecified atom stereocenters. The summed E-state index contributed by atoms with van der Waals surface area (Å²) < 4.78 is 42.5. The first kappa shape index (κ1) is 18.8. The lowest BCUT2D eigenvalue weighted by Crippen LogP contribution is -2.37. The number of fused-ring (bicyclic) bond motifs is 1. The van der Waals surface area contributed by atoms with E-state index in [1.165, 1.54) is 6.20 Å². The highest BCUT2D eigenvalue weighted by atomic mass is 79.9. The van der Waals surface area contributed by atoms with E-state index in [-0.39, 0.29) is 23.8 Å². The number of alkyl halides is 3. The summed E-state index contributed by atoms with van der Waals surface area (Å²) >= 11 is 3.32. The third kappa shape index (κ3) is 3.72. The third-order valence-electron chi connectivity index (χ3n) is 4.18. The van der Waals surface area contributed by atoms with Gasteiger partial charge in [-0.1, -0.05) is 28.1 Å². The van der Waals surface area contributed by atoms with Gasteiger partial charge >= 0.3 is 6.18 Å². The van der Waals surface area contributed by atoms with Crippen molar-refractivity contribution in [2.45, 2.75) is 44.6 Å². The zero-order chi connectivity index (χ0) is 19.1. The number of anilines is 1. The zero-order valence-electron chi connectivity index (χ0n) is 14.1. The zero-order valence-corrected chi connectivity index (χ0v) is 15.7. The van der Waals surface area contributed by atoms with E-state index >= 15 is 0 Å². The summed E-state index contributed by atoms with van der Waals surface area (Å²) in [7, 11) is 0. The fraction of sp³-hybridized carbons (Fsp3) is 0.412. The second-order valence-electron chi connectivity index (χ2n) is 6.52. The van der Waals surface area contributed by atoms with E-state index < -0.39 is 24.2 Å². The predicted molar refractivity (Wildman–Crippen MR) is 95.0 cm³/mol. The molecule has 0 fully saturated rings. The highest BCUT2D eigenvalue weighted by molar-refractivity contribution is 9.10. The first-order valence-electron chi connectivity index (χ1n) is 8.14. The average molecular weight is 431 g/mol. The van der Waals surface area contributed by atoms with Crippen molar-refractivity contribution in [3.63, 3.8) is 0 Å². The highest BCUT2D eigenvalue weighted by Crippen LogP contribution is 2.44. The summed E-state index contributed by atoms with van der Waals surface area (Å²) in [5, 5.41) is 9.59. The molecule has 9 heteroatoms. The van der Waals surface area contributed by atoms with Gasteiger partial charge in [0.25, 0.3) is 5.91 Å².